The number of carbonyl (C=O) groups is 1. The van der Waals surface area contributed by atoms with Crippen LogP contribution in [0, 0.1) is 10.8 Å². The van der Waals surface area contributed by atoms with Crippen molar-refractivity contribution in [1.29, 1.82) is 5.41 Å². The molecule has 0 radical (unpaired) electrons. The minimum Gasteiger partial charge on any atom is -0.310 e. The van der Waals surface area contributed by atoms with Gasteiger partial charge in [0.05, 0.1) is 17.6 Å². The fraction of sp³-hybridized carbons (Fsp3) is 0.556. The van der Waals surface area contributed by atoms with Crippen molar-refractivity contribution in [2.45, 2.75) is 40.3 Å². The molecule has 0 fully saturated rings. The summed E-state index contributed by atoms with van der Waals surface area (Å²) in [6, 6.07) is 7.97. The molecule has 0 amide bonds. The molecule has 0 bridgehead atoms. The van der Waals surface area contributed by atoms with E-state index in [-0.39, 0.29) is 12.3 Å². The molecule has 126 valence electrons. The van der Waals surface area contributed by atoms with E-state index >= 15 is 0 Å². The number of nitrogens with zero attached hydrogens (tertiary/aromatic N) is 3. The number of aryl methyl sites for hydroxylation is 1. The van der Waals surface area contributed by atoms with Crippen LogP contribution in [0.1, 0.15) is 27.2 Å². The van der Waals surface area contributed by atoms with Crippen molar-refractivity contribution >= 4 is 16.8 Å². The number of hydrogen-bond acceptors (Lipinski definition) is 3. The van der Waals surface area contributed by atoms with Crippen molar-refractivity contribution in [2.24, 2.45) is 5.41 Å². The molecule has 0 saturated heterocycles. The van der Waals surface area contributed by atoms with Crippen molar-refractivity contribution in [3.63, 3.8) is 0 Å². The molecule has 5 nitrogen and oxygen atoms in total. The minimum atomic E-state index is -0.395. The summed E-state index contributed by atoms with van der Waals surface area (Å²) in [7, 11) is 4.11. The first kappa shape index (κ1) is 17.5. The third-order valence-electron chi connectivity index (χ3n) is 4.10. The second kappa shape index (κ2) is 6.71. The van der Waals surface area contributed by atoms with Gasteiger partial charge in [-0.05, 0) is 39.2 Å². The van der Waals surface area contributed by atoms with Gasteiger partial charge >= 0.3 is 0 Å². The number of benzene rings is 1. The molecule has 5 heteroatoms. The number of fused-ring (bicyclic) bond motifs is 1. The number of carbonyl (C=O) groups excluding carboxylic acids is 1. The molecule has 0 aliphatic carbocycles. The van der Waals surface area contributed by atoms with Crippen LogP contribution in [0.3, 0.4) is 0 Å². The van der Waals surface area contributed by atoms with Crippen LogP contribution >= 0.6 is 0 Å². The Morgan fingerprint density at radius 3 is 2.22 bits per heavy atom. The number of nitrogens with one attached hydrogen (secondary N) is 1. The maximum absolute atomic E-state index is 12.4. The lowest BCUT2D eigenvalue weighted by Gasteiger charge is -2.17. The van der Waals surface area contributed by atoms with Crippen LogP contribution in [0.5, 0.6) is 0 Å². The Balaban J connectivity index is 2.40. The number of hydrogen-bond donors (Lipinski definition) is 1. The quantitative estimate of drug-likeness (QED) is 0.890. The molecule has 1 N–H and O–H groups in total. The summed E-state index contributed by atoms with van der Waals surface area (Å²) in [4.78, 5) is 14.6. The average molecular weight is 316 g/mol. The van der Waals surface area contributed by atoms with E-state index < -0.39 is 5.41 Å². The van der Waals surface area contributed by atoms with E-state index in [4.69, 9.17) is 5.41 Å². The second-order valence-corrected chi connectivity index (χ2v) is 7.38. The van der Waals surface area contributed by atoms with Crippen LogP contribution in [0.2, 0.25) is 0 Å². The first-order valence-electron chi connectivity index (χ1n) is 8.12. The monoisotopic (exact) mass is 316 g/mol. The molecule has 1 heterocycles. The first-order chi connectivity index (χ1) is 10.7. The molecule has 0 saturated carbocycles. The zero-order valence-electron chi connectivity index (χ0n) is 14.9. The molecule has 23 heavy (non-hydrogen) atoms. The predicted molar refractivity (Wildman–Crippen MR) is 93.4 cm³/mol. The summed E-state index contributed by atoms with van der Waals surface area (Å²) in [5, 5.41) is 8.52. The summed E-state index contributed by atoms with van der Waals surface area (Å²) in [6.07, 6.45) is 0.977. The van der Waals surface area contributed by atoms with Gasteiger partial charge in [0, 0.05) is 12.0 Å². The van der Waals surface area contributed by atoms with Crippen molar-refractivity contribution in [3.8, 4) is 0 Å². The lowest BCUT2D eigenvalue weighted by atomic mass is 9.91. The van der Waals surface area contributed by atoms with Crippen molar-refractivity contribution < 1.29 is 4.79 Å². The summed E-state index contributed by atoms with van der Waals surface area (Å²) >= 11 is 0. The first-order valence-corrected chi connectivity index (χ1v) is 8.12. The molecule has 0 unspecified atom stereocenters. The summed E-state index contributed by atoms with van der Waals surface area (Å²) < 4.78 is 3.84. The molecule has 0 spiro atoms. The van der Waals surface area contributed by atoms with Crippen LogP contribution in [-0.4, -0.2) is 40.5 Å². The molecular weight excluding hydrogens is 288 g/mol. The number of ketones is 1. The smallest absolute Gasteiger partial charge is 0.203 e. The Kier molecular flexibility index (Phi) is 5.09. The van der Waals surface area contributed by atoms with E-state index in [2.05, 4.69) is 19.0 Å². The third kappa shape index (κ3) is 3.91. The van der Waals surface area contributed by atoms with Gasteiger partial charge in [-0.1, -0.05) is 32.9 Å². The Morgan fingerprint density at radius 1 is 1.13 bits per heavy atom. The summed E-state index contributed by atoms with van der Waals surface area (Å²) in [5.41, 5.74) is 1.99. The Bertz CT molecular complexity index is 746. The van der Waals surface area contributed by atoms with Crippen molar-refractivity contribution in [3.05, 3.63) is 29.9 Å². The minimum absolute atomic E-state index is 0.146. The fourth-order valence-electron chi connectivity index (χ4n) is 2.61. The number of imidazole rings is 1. The maximum atomic E-state index is 12.4. The molecule has 0 atom stereocenters. The lowest BCUT2D eigenvalue weighted by Crippen LogP contribution is -2.32. The SMILES string of the molecule is CN(C)CCCn1c(=N)n(CC(=O)C(C)(C)C)c2ccccc21. The van der Waals surface area contributed by atoms with Gasteiger partial charge in [0.2, 0.25) is 5.62 Å². The molecule has 0 aliphatic heterocycles. The number of aromatic nitrogens is 2. The maximum Gasteiger partial charge on any atom is 0.203 e. The fourth-order valence-corrected chi connectivity index (χ4v) is 2.61. The van der Waals surface area contributed by atoms with E-state index in [1.165, 1.54) is 0 Å². The molecule has 2 rings (SSSR count). The highest BCUT2D eigenvalue weighted by Gasteiger charge is 2.23. The van der Waals surface area contributed by atoms with Crippen LogP contribution in [0.4, 0.5) is 0 Å². The number of para-hydroxylation sites is 2. The third-order valence-corrected chi connectivity index (χ3v) is 4.10. The van der Waals surface area contributed by atoms with Gasteiger partial charge in [-0.2, -0.15) is 0 Å². The van der Waals surface area contributed by atoms with Gasteiger partial charge in [0.1, 0.15) is 0 Å². The number of rotatable bonds is 6. The highest BCUT2D eigenvalue weighted by atomic mass is 16.1. The topological polar surface area (TPSA) is 54.0 Å². The summed E-state index contributed by atoms with van der Waals surface area (Å²) in [6.45, 7) is 7.80. The largest absolute Gasteiger partial charge is 0.310 e. The van der Waals surface area contributed by atoms with Crippen LogP contribution < -0.4 is 5.62 Å². The van der Waals surface area contributed by atoms with Crippen molar-refractivity contribution in [1.82, 2.24) is 14.0 Å². The second-order valence-electron chi connectivity index (χ2n) is 7.38. The van der Waals surface area contributed by atoms with E-state index in [1.54, 1.807) is 0 Å². The molecule has 1 aromatic carbocycles. The van der Waals surface area contributed by atoms with E-state index in [9.17, 15) is 4.79 Å². The van der Waals surface area contributed by atoms with Crippen LogP contribution in [0.25, 0.3) is 11.0 Å². The standard InChI is InChI=1S/C18H28N4O/c1-18(2,3)16(23)13-22-15-10-7-6-9-14(15)21(17(22)19)12-8-11-20(4)5/h6-7,9-10,19H,8,11-13H2,1-5H3. The zero-order chi connectivity index (χ0) is 17.2. The summed E-state index contributed by atoms with van der Waals surface area (Å²) in [5.74, 6) is 0.146. The van der Waals surface area contributed by atoms with Gasteiger partial charge in [0.25, 0.3) is 0 Å². The Morgan fingerprint density at radius 2 is 1.70 bits per heavy atom. The lowest BCUT2D eigenvalue weighted by molar-refractivity contribution is -0.126. The van der Waals surface area contributed by atoms with Crippen LogP contribution in [0.15, 0.2) is 24.3 Å². The highest BCUT2D eigenvalue weighted by molar-refractivity contribution is 5.85. The van der Waals surface area contributed by atoms with E-state index in [0.29, 0.717) is 5.62 Å². The van der Waals surface area contributed by atoms with Crippen molar-refractivity contribution in [2.75, 3.05) is 20.6 Å². The normalized spacial score (nSPS) is 12.3. The van der Waals surface area contributed by atoms with Gasteiger partial charge in [-0.25, -0.2) is 0 Å². The van der Waals surface area contributed by atoms with Gasteiger partial charge in [0.15, 0.2) is 5.78 Å². The van der Waals surface area contributed by atoms with Gasteiger partial charge < -0.3 is 14.0 Å². The predicted octanol–water partition coefficient (Wildman–Crippen LogP) is 2.49. The molecule has 0 aliphatic rings. The van der Waals surface area contributed by atoms with Gasteiger partial charge in [-0.15, -0.1) is 0 Å². The molecular formula is C18H28N4O. The molecule has 1 aromatic heterocycles. The number of Topliss-reactive ketones (excluding diaryl/α,β-unsaturated/α-hetero) is 1. The van der Waals surface area contributed by atoms with Gasteiger partial charge in [-0.3, -0.25) is 10.2 Å². The van der Waals surface area contributed by atoms with E-state index in [0.717, 1.165) is 30.5 Å². The Hall–Kier alpha value is -1.88. The molecule has 2 aromatic rings. The Labute approximate surface area is 138 Å². The van der Waals surface area contributed by atoms with Crippen LogP contribution in [-0.2, 0) is 17.9 Å². The average Bonchev–Trinajstić information content (AvgIpc) is 2.71. The zero-order valence-corrected chi connectivity index (χ0v) is 14.9. The van der Waals surface area contributed by atoms with E-state index in [1.807, 2.05) is 54.2 Å². The highest BCUT2D eigenvalue weighted by Crippen LogP contribution is 2.18.